The van der Waals surface area contributed by atoms with E-state index in [1.165, 1.54) is 38.5 Å². The summed E-state index contributed by atoms with van der Waals surface area (Å²) < 4.78 is 0. The van der Waals surface area contributed by atoms with Crippen molar-refractivity contribution in [2.24, 2.45) is 29.1 Å². The van der Waals surface area contributed by atoms with Crippen LogP contribution in [-0.4, -0.2) is 24.4 Å². The molecule has 0 saturated heterocycles. The maximum atomic E-state index is 12.3. The number of carbonyl (C=O) groups excluding carboxylic acids is 2. The minimum atomic E-state index is -0.0127. The quantitative estimate of drug-likeness (QED) is 0.751. The molecule has 4 fully saturated rings. The molecule has 0 aromatic rings. The number of nitrogens with one attached hydrogen (secondary N) is 2. The van der Waals surface area contributed by atoms with Crippen LogP contribution in [-0.2, 0) is 9.59 Å². The first-order valence-electron chi connectivity index (χ1n) is 9.92. The SMILES string of the molecule is CC(C)CNC(=O)CCC(=O)NC(C)C12CC3CC(CC(C3)C1)C2. The molecule has 2 amide bonds. The molecule has 2 N–H and O–H groups in total. The fourth-order valence-corrected chi connectivity index (χ4v) is 5.81. The molecular formula is C20H34N2O2. The lowest BCUT2D eigenvalue weighted by Crippen LogP contribution is -2.55. The Kier molecular flexibility index (Phi) is 5.22. The number of carbonyl (C=O) groups is 2. The van der Waals surface area contributed by atoms with Gasteiger partial charge in [0.2, 0.25) is 11.8 Å². The second kappa shape index (κ2) is 7.05. The van der Waals surface area contributed by atoms with Crippen LogP contribution in [0, 0.1) is 29.1 Å². The van der Waals surface area contributed by atoms with Crippen LogP contribution in [0.25, 0.3) is 0 Å². The molecule has 4 aliphatic carbocycles. The van der Waals surface area contributed by atoms with E-state index in [9.17, 15) is 9.59 Å². The highest BCUT2D eigenvalue weighted by Gasteiger charge is 2.53. The van der Waals surface area contributed by atoms with Crippen LogP contribution in [0.4, 0.5) is 0 Å². The van der Waals surface area contributed by atoms with Crippen molar-refractivity contribution in [3.05, 3.63) is 0 Å². The fourth-order valence-electron chi connectivity index (χ4n) is 5.81. The van der Waals surface area contributed by atoms with Crippen LogP contribution in [0.3, 0.4) is 0 Å². The lowest BCUT2D eigenvalue weighted by atomic mass is 9.48. The smallest absolute Gasteiger partial charge is 0.220 e. The lowest BCUT2D eigenvalue weighted by molar-refractivity contribution is -0.129. The zero-order chi connectivity index (χ0) is 17.3. The topological polar surface area (TPSA) is 58.2 Å². The van der Waals surface area contributed by atoms with E-state index in [0.717, 1.165) is 17.8 Å². The summed E-state index contributed by atoms with van der Waals surface area (Å²) in [6.07, 6.45) is 8.79. The van der Waals surface area contributed by atoms with Crippen LogP contribution in [0.5, 0.6) is 0 Å². The molecule has 0 heterocycles. The number of hydrogen-bond donors (Lipinski definition) is 2. The molecule has 24 heavy (non-hydrogen) atoms. The lowest BCUT2D eigenvalue weighted by Gasteiger charge is -2.59. The Labute approximate surface area is 146 Å². The first kappa shape index (κ1) is 17.8. The van der Waals surface area contributed by atoms with Gasteiger partial charge in [-0.3, -0.25) is 9.59 Å². The van der Waals surface area contributed by atoms with E-state index in [1.807, 2.05) is 0 Å². The maximum Gasteiger partial charge on any atom is 0.220 e. The zero-order valence-electron chi connectivity index (χ0n) is 15.6. The normalized spacial score (nSPS) is 35.1. The highest BCUT2D eigenvalue weighted by atomic mass is 16.2. The monoisotopic (exact) mass is 334 g/mol. The Morgan fingerprint density at radius 2 is 1.42 bits per heavy atom. The second-order valence-corrected chi connectivity index (χ2v) is 9.27. The van der Waals surface area contributed by atoms with Crippen LogP contribution >= 0.6 is 0 Å². The van der Waals surface area contributed by atoms with Gasteiger partial charge >= 0.3 is 0 Å². The zero-order valence-corrected chi connectivity index (χ0v) is 15.6. The van der Waals surface area contributed by atoms with Gasteiger partial charge in [-0.05, 0) is 74.5 Å². The van der Waals surface area contributed by atoms with E-state index in [4.69, 9.17) is 0 Å². The summed E-state index contributed by atoms with van der Waals surface area (Å²) in [5.41, 5.74) is 0.338. The van der Waals surface area contributed by atoms with E-state index in [0.29, 0.717) is 30.7 Å². The van der Waals surface area contributed by atoms with Gasteiger partial charge in [-0.25, -0.2) is 0 Å². The summed E-state index contributed by atoms with van der Waals surface area (Å²) >= 11 is 0. The van der Waals surface area contributed by atoms with Crippen molar-refractivity contribution < 1.29 is 9.59 Å². The van der Waals surface area contributed by atoms with Crippen LogP contribution < -0.4 is 10.6 Å². The van der Waals surface area contributed by atoms with Gasteiger partial charge in [0.15, 0.2) is 0 Å². The van der Waals surface area contributed by atoms with Gasteiger partial charge in [-0.1, -0.05) is 13.8 Å². The highest BCUT2D eigenvalue weighted by molar-refractivity contribution is 5.83. The van der Waals surface area contributed by atoms with E-state index in [2.05, 4.69) is 31.4 Å². The summed E-state index contributed by atoms with van der Waals surface area (Å²) in [6.45, 7) is 7.02. The predicted molar refractivity (Wildman–Crippen MR) is 95.3 cm³/mol. The minimum absolute atomic E-state index is 0.0127. The minimum Gasteiger partial charge on any atom is -0.356 e. The first-order chi connectivity index (χ1) is 11.4. The fraction of sp³-hybridized carbons (Fsp3) is 0.900. The van der Waals surface area contributed by atoms with Crippen LogP contribution in [0.1, 0.15) is 72.1 Å². The van der Waals surface area contributed by atoms with Gasteiger partial charge < -0.3 is 10.6 Å². The largest absolute Gasteiger partial charge is 0.356 e. The van der Waals surface area contributed by atoms with E-state index >= 15 is 0 Å². The molecule has 4 aliphatic rings. The summed E-state index contributed by atoms with van der Waals surface area (Å²) in [5.74, 6) is 3.17. The molecule has 4 nitrogen and oxygen atoms in total. The number of rotatable bonds is 7. The second-order valence-electron chi connectivity index (χ2n) is 9.27. The van der Waals surface area contributed by atoms with Crippen molar-refractivity contribution in [2.45, 2.75) is 78.2 Å². The van der Waals surface area contributed by atoms with Crippen LogP contribution in [0.15, 0.2) is 0 Å². The first-order valence-corrected chi connectivity index (χ1v) is 9.92. The third-order valence-electron chi connectivity index (χ3n) is 6.67. The van der Waals surface area contributed by atoms with Gasteiger partial charge in [0.1, 0.15) is 0 Å². The average Bonchev–Trinajstić information content (AvgIpc) is 2.49. The molecular weight excluding hydrogens is 300 g/mol. The van der Waals surface area contributed by atoms with E-state index in [1.54, 1.807) is 0 Å². The number of amides is 2. The molecule has 1 atom stereocenters. The third-order valence-corrected chi connectivity index (χ3v) is 6.67. The molecule has 4 bridgehead atoms. The van der Waals surface area contributed by atoms with Crippen molar-refractivity contribution in [3.8, 4) is 0 Å². The molecule has 0 aromatic heterocycles. The van der Waals surface area contributed by atoms with Gasteiger partial charge in [0, 0.05) is 25.4 Å². The third kappa shape index (κ3) is 3.94. The Bertz CT molecular complexity index is 451. The van der Waals surface area contributed by atoms with E-state index in [-0.39, 0.29) is 17.9 Å². The highest BCUT2D eigenvalue weighted by Crippen LogP contribution is 2.61. The molecule has 4 heteroatoms. The van der Waals surface area contributed by atoms with Crippen molar-refractivity contribution >= 4 is 11.8 Å². The predicted octanol–water partition coefficient (Wildman–Crippen LogP) is 3.26. The molecule has 0 aromatic carbocycles. The van der Waals surface area contributed by atoms with Crippen LogP contribution in [0.2, 0.25) is 0 Å². The summed E-state index contributed by atoms with van der Waals surface area (Å²) in [5, 5.41) is 6.12. The van der Waals surface area contributed by atoms with Crippen molar-refractivity contribution in [3.63, 3.8) is 0 Å². The van der Waals surface area contributed by atoms with Crippen molar-refractivity contribution in [2.75, 3.05) is 6.54 Å². The van der Waals surface area contributed by atoms with E-state index < -0.39 is 0 Å². The van der Waals surface area contributed by atoms with Gasteiger partial charge in [0.05, 0.1) is 0 Å². The molecule has 0 aliphatic heterocycles. The molecule has 0 spiro atoms. The Morgan fingerprint density at radius 1 is 0.917 bits per heavy atom. The van der Waals surface area contributed by atoms with Gasteiger partial charge in [0.25, 0.3) is 0 Å². The molecule has 0 radical (unpaired) electrons. The Hall–Kier alpha value is -1.06. The molecule has 4 rings (SSSR count). The summed E-state index contributed by atoms with van der Waals surface area (Å²) in [4.78, 5) is 24.1. The summed E-state index contributed by atoms with van der Waals surface area (Å²) in [7, 11) is 0. The van der Waals surface area contributed by atoms with Crippen molar-refractivity contribution in [1.29, 1.82) is 0 Å². The van der Waals surface area contributed by atoms with Gasteiger partial charge in [-0.15, -0.1) is 0 Å². The maximum absolute atomic E-state index is 12.3. The average molecular weight is 335 g/mol. The molecule has 4 saturated carbocycles. The number of hydrogen-bond acceptors (Lipinski definition) is 2. The standard InChI is InChI=1S/C20H34N2O2/c1-13(2)12-21-18(23)4-5-19(24)22-14(3)20-9-15-6-16(10-20)8-17(7-15)11-20/h13-17H,4-12H2,1-3H3,(H,21,23)(H,22,24). The van der Waals surface area contributed by atoms with Gasteiger partial charge in [-0.2, -0.15) is 0 Å². The summed E-state index contributed by atoms with van der Waals surface area (Å²) in [6, 6.07) is 0.247. The Morgan fingerprint density at radius 3 is 1.92 bits per heavy atom. The molecule has 1 unspecified atom stereocenters. The van der Waals surface area contributed by atoms with Crippen molar-refractivity contribution in [1.82, 2.24) is 10.6 Å². The molecule has 136 valence electrons. The Balaban J connectivity index is 1.45.